The number of aryl methyl sites for hydroxylation is 1. The molecule has 2 aromatic rings. The molecule has 0 bridgehead atoms. The Labute approximate surface area is 144 Å². The number of amides is 1. The topological polar surface area (TPSA) is 66.9 Å². The van der Waals surface area contributed by atoms with Gasteiger partial charge in [-0.25, -0.2) is 0 Å². The predicted molar refractivity (Wildman–Crippen MR) is 96.3 cm³/mol. The summed E-state index contributed by atoms with van der Waals surface area (Å²) in [5.74, 6) is -0.0221. The Morgan fingerprint density at radius 1 is 1.35 bits per heavy atom. The van der Waals surface area contributed by atoms with Gasteiger partial charge >= 0.3 is 0 Å². The summed E-state index contributed by atoms with van der Waals surface area (Å²) < 4.78 is 0.817. The van der Waals surface area contributed by atoms with E-state index in [0.29, 0.717) is 6.04 Å². The molecule has 1 unspecified atom stereocenters. The van der Waals surface area contributed by atoms with Crippen LogP contribution in [-0.4, -0.2) is 27.4 Å². The van der Waals surface area contributed by atoms with E-state index in [1.165, 1.54) is 41.5 Å². The first kappa shape index (κ1) is 16.3. The summed E-state index contributed by atoms with van der Waals surface area (Å²) >= 11 is 2.95. The number of nitrogens with zero attached hydrogens (tertiary/aromatic N) is 2. The second-order valence-corrected chi connectivity index (χ2v) is 8.16. The van der Waals surface area contributed by atoms with E-state index in [1.54, 1.807) is 0 Å². The highest BCUT2D eigenvalue weighted by Crippen LogP contribution is 2.32. The van der Waals surface area contributed by atoms with Gasteiger partial charge in [0.25, 0.3) is 0 Å². The molecule has 1 aromatic heterocycles. The van der Waals surface area contributed by atoms with Crippen molar-refractivity contribution in [2.75, 3.05) is 10.6 Å². The van der Waals surface area contributed by atoms with Crippen molar-refractivity contribution in [3.05, 3.63) is 29.8 Å². The molecule has 5 nitrogen and oxygen atoms in total. The van der Waals surface area contributed by atoms with Crippen LogP contribution in [0.4, 0.5) is 10.8 Å². The van der Waals surface area contributed by atoms with E-state index in [1.807, 2.05) is 31.2 Å². The van der Waals surface area contributed by atoms with E-state index in [0.717, 1.165) is 21.6 Å². The van der Waals surface area contributed by atoms with E-state index in [4.69, 9.17) is 0 Å². The van der Waals surface area contributed by atoms with Gasteiger partial charge in [-0.2, -0.15) is 0 Å². The zero-order valence-electron chi connectivity index (χ0n) is 13.2. The second kappa shape index (κ2) is 7.31. The van der Waals surface area contributed by atoms with Crippen LogP contribution in [0.3, 0.4) is 0 Å². The highest BCUT2D eigenvalue weighted by atomic mass is 32.2. The van der Waals surface area contributed by atoms with Crippen LogP contribution in [0.1, 0.15) is 32.3 Å². The highest BCUT2D eigenvalue weighted by Gasteiger charge is 2.23. The van der Waals surface area contributed by atoms with Gasteiger partial charge in [-0.15, -0.1) is 10.2 Å². The molecule has 1 aliphatic carbocycles. The van der Waals surface area contributed by atoms with Crippen LogP contribution >= 0.6 is 23.1 Å². The van der Waals surface area contributed by atoms with Crippen LogP contribution in [0.5, 0.6) is 0 Å². The third-order valence-corrected chi connectivity index (χ3v) is 5.63. The van der Waals surface area contributed by atoms with Gasteiger partial charge in [-0.1, -0.05) is 42.2 Å². The number of benzene rings is 1. The summed E-state index contributed by atoms with van der Waals surface area (Å²) in [7, 11) is 0. The zero-order chi connectivity index (χ0) is 16.2. The van der Waals surface area contributed by atoms with E-state index < -0.39 is 0 Å². The Hall–Kier alpha value is -1.60. The SMILES string of the molecule is CCc1ccc(NC(=O)C(C)Sc2nnc(NC3CC3)s2)cc1. The van der Waals surface area contributed by atoms with Crippen LogP contribution in [0, 0.1) is 0 Å². The molecule has 1 aromatic carbocycles. The van der Waals surface area contributed by atoms with Crippen LogP contribution < -0.4 is 10.6 Å². The van der Waals surface area contributed by atoms with E-state index in [2.05, 4.69) is 27.8 Å². The van der Waals surface area contributed by atoms with Gasteiger partial charge < -0.3 is 10.6 Å². The number of aromatic nitrogens is 2. The lowest BCUT2D eigenvalue weighted by Gasteiger charge is -2.10. The van der Waals surface area contributed by atoms with Crippen molar-refractivity contribution in [3.8, 4) is 0 Å². The fraction of sp³-hybridized carbons (Fsp3) is 0.438. The predicted octanol–water partition coefficient (Wildman–Crippen LogP) is 3.79. The molecule has 2 N–H and O–H groups in total. The Morgan fingerprint density at radius 3 is 2.74 bits per heavy atom. The van der Waals surface area contributed by atoms with E-state index in [-0.39, 0.29) is 11.2 Å². The smallest absolute Gasteiger partial charge is 0.237 e. The summed E-state index contributed by atoms with van der Waals surface area (Å²) in [6.07, 6.45) is 3.41. The van der Waals surface area contributed by atoms with Gasteiger partial charge in [-0.05, 0) is 43.9 Å². The lowest BCUT2D eigenvalue weighted by atomic mass is 10.1. The average Bonchev–Trinajstić information content (AvgIpc) is 3.26. The molecule has 1 saturated carbocycles. The first-order valence-corrected chi connectivity index (χ1v) is 9.50. The van der Waals surface area contributed by atoms with Crippen molar-refractivity contribution in [2.24, 2.45) is 0 Å². The van der Waals surface area contributed by atoms with Crippen molar-refractivity contribution >= 4 is 39.8 Å². The first-order chi connectivity index (χ1) is 11.1. The average molecular weight is 348 g/mol. The van der Waals surface area contributed by atoms with Crippen molar-refractivity contribution in [2.45, 2.75) is 48.7 Å². The van der Waals surface area contributed by atoms with E-state index in [9.17, 15) is 4.79 Å². The Balaban J connectivity index is 1.52. The molecule has 122 valence electrons. The summed E-state index contributed by atoms with van der Waals surface area (Å²) in [6.45, 7) is 4.00. The van der Waals surface area contributed by atoms with Crippen molar-refractivity contribution in [1.29, 1.82) is 0 Å². The summed E-state index contributed by atoms with van der Waals surface area (Å²) in [5.41, 5.74) is 2.09. The molecule has 1 amide bonds. The Morgan fingerprint density at radius 2 is 2.09 bits per heavy atom. The van der Waals surface area contributed by atoms with E-state index >= 15 is 0 Å². The molecule has 1 fully saturated rings. The Bertz CT molecular complexity index is 667. The molecule has 3 rings (SSSR count). The van der Waals surface area contributed by atoms with Gasteiger partial charge in [0.1, 0.15) is 0 Å². The quantitative estimate of drug-likeness (QED) is 0.745. The number of nitrogens with one attached hydrogen (secondary N) is 2. The number of hydrogen-bond acceptors (Lipinski definition) is 6. The molecule has 0 saturated heterocycles. The van der Waals surface area contributed by atoms with Crippen molar-refractivity contribution in [1.82, 2.24) is 10.2 Å². The number of thioether (sulfide) groups is 1. The first-order valence-electron chi connectivity index (χ1n) is 7.80. The van der Waals surface area contributed by atoms with Crippen LogP contribution in [-0.2, 0) is 11.2 Å². The molecule has 7 heteroatoms. The number of carbonyl (C=O) groups is 1. The third-order valence-electron chi connectivity index (χ3n) is 3.59. The normalized spacial score (nSPS) is 15.2. The molecule has 1 aliphatic rings. The minimum absolute atomic E-state index is 0.0221. The highest BCUT2D eigenvalue weighted by molar-refractivity contribution is 8.02. The van der Waals surface area contributed by atoms with Crippen LogP contribution in [0.2, 0.25) is 0 Å². The lowest BCUT2D eigenvalue weighted by Crippen LogP contribution is -2.22. The third kappa shape index (κ3) is 4.68. The van der Waals surface area contributed by atoms with Crippen LogP contribution in [0.25, 0.3) is 0 Å². The maximum atomic E-state index is 12.3. The lowest BCUT2D eigenvalue weighted by molar-refractivity contribution is -0.115. The molecule has 23 heavy (non-hydrogen) atoms. The maximum Gasteiger partial charge on any atom is 0.237 e. The molecular formula is C16H20N4OS2. The molecular weight excluding hydrogens is 328 g/mol. The van der Waals surface area contributed by atoms with Gasteiger partial charge in [0, 0.05) is 11.7 Å². The number of rotatable bonds is 7. The largest absolute Gasteiger partial charge is 0.357 e. The second-order valence-electron chi connectivity index (χ2n) is 5.59. The molecule has 0 spiro atoms. The molecule has 0 radical (unpaired) electrons. The summed E-state index contributed by atoms with van der Waals surface area (Å²) in [4.78, 5) is 12.3. The monoisotopic (exact) mass is 348 g/mol. The van der Waals surface area contributed by atoms with Gasteiger partial charge in [0.05, 0.1) is 5.25 Å². The van der Waals surface area contributed by atoms with Crippen LogP contribution in [0.15, 0.2) is 28.6 Å². The standard InChI is InChI=1S/C16H20N4OS2/c1-3-11-4-6-12(7-5-11)17-14(21)10(2)22-16-20-19-15(23-16)18-13-8-9-13/h4-7,10,13H,3,8-9H2,1-2H3,(H,17,21)(H,18,19). The summed E-state index contributed by atoms with van der Waals surface area (Å²) in [5, 5.41) is 15.1. The Kier molecular flexibility index (Phi) is 5.17. The minimum Gasteiger partial charge on any atom is -0.357 e. The zero-order valence-corrected chi connectivity index (χ0v) is 14.8. The maximum absolute atomic E-state index is 12.3. The molecule has 1 atom stereocenters. The number of anilines is 2. The molecule has 1 heterocycles. The molecule has 0 aliphatic heterocycles. The van der Waals surface area contributed by atoms with Crippen molar-refractivity contribution < 1.29 is 4.79 Å². The number of hydrogen-bond donors (Lipinski definition) is 2. The summed E-state index contributed by atoms with van der Waals surface area (Å²) in [6, 6.07) is 8.52. The van der Waals surface area contributed by atoms with Gasteiger partial charge in [-0.3, -0.25) is 4.79 Å². The van der Waals surface area contributed by atoms with Gasteiger partial charge in [0.15, 0.2) is 4.34 Å². The number of carbonyl (C=O) groups excluding carboxylic acids is 1. The van der Waals surface area contributed by atoms with Crippen molar-refractivity contribution in [3.63, 3.8) is 0 Å². The minimum atomic E-state index is -0.220. The fourth-order valence-corrected chi connectivity index (χ4v) is 3.96. The fourth-order valence-electron chi connectivity index (χ4n) is 1.99. The van der Waals surface area contributed by atoms with Gasteiger partial charge in [0.2, 0.25) is 11.0 Å².